The van der Waals surface area contributed by atoms with Crippen LogP contribution in [-0.4, -0.2) is 54.8 Å². The lowest BCUT2D eigenvalue weighted by Crippen LogP contribution is -2.42. The van der Waals surface area contributed by atoms with Crippen molar-refractivity contribution in [2.45, 2.75) is 66.5 Å². The zero-order chi connectivity index (χ0) is 17.2. The lowest BCUT2D eigenvalue weighted by molar-refractivity contribution is 0.0256. The van der Waals surface area contributed by atoms with Crippen LogP contribution in [0.1, 0.15) is 54.9 Å². The normalized spacial score (nSPS) is 11.7. The van der Waals surface area contributed by atoms with Gasteiger partial charge in [0.2, 0.25) is 0 Å². The number of carbonyl (C=O) groups excluding carboxylic acids is 1. The van der Waals surface area contributed by atoms with E-state index in [2.05, 4.69) is 29.5 Å². The molecule has 2 N–H and O–H groups in total. The quantitative estimate of drug-likeness (QED) is 0.361. The molecule has 0 aromatic rings. The Morgan fingerprint density at radius 3 is 2.26 bits per heavy atom. The fraction of sp³-hybridized carbons (Fsp3) is 0.875. The summed E-state index contributed by atoms with van der Waals surface area (Å²) in [4.78, 5) is 18.4. The molecule has 0 bridgehead atoms. The van der Waals surface area contributed by atoms with Gasteiger partial charge in [-0.3, -0.25) is 4.99 Å². The highest BCUT2D eigenvalue weighted by molar-refractivity contribution is 14.0. The molecule has 6 nitrogen and oxygen atoms in total. The molecule has 0 fully saturated rings. The maximum Gasteiger partial charge on any atom is 0.410 e. The summed E-state index contributed by atoms with van der Waals surface area (Å²) in [5.74, 6) is 0.776. The van der Waals surface area contributed by atoms with Crippen molar-refractivity contribution in [3.63, 3.8) is 0 Å². The number of nitrogens with one attached hydrogen (secondary N) is 2. The van der Waals surface area contributed by atoms with Crippen molar-refractivity contribution < 1.29 is 9.53 Å². The second-order valence-corrected chi connectivity index (χ2v) is 6.53. The molecular weight excluding hydrogens is 407 g/mol. The molecular formula is C16H35IN4O2. The SMILES string of the molecule is CCCN(CCN=C(NCC)NC(C)C)C(=O)OC(C)(C)C.I. The number of halogens is 1. The number of hydrogen-bond donors (Lipinski definition) is 2. The van der Waals surface area contributed by atoms with Crippen molar-refractivity contribution in [1.82, 2.24) is 15.5 Å². The zero-order valence-electron chi connectivity index (χ0n) is 15.7. The van der Waals surface area contributed by atoms with Crippen molar-refractivity contribution in [2.24, 2.45) is 4.99 Å². The van der Waals surface area contributed by atoms with Gasteiger partial charge in [-0.25, -0.2) is 4.79 Å². The van der Waals surface area contributed by atoms with E-state index in [1.165, 1.54) is 0 Å². The van der Waals surface area contributed by atoms with Crippen LogP contribution in [0, 0.1) is 0 Å². The van der Waals surface area contributed by atoms with Crippen LogP contribution in [-0.2, 0) is 4.74 Å². The van der Waals surface area contributed by atoms with Crippen LogP contribution >= 0.6 is 24.0 Å². The van der Waals surface area contributed by atoms with Crippen molar-refractivity contribution in [1.29, 1.82) is 0 Å². The second-order valence-electron chi connectivity index (χ2n) is 6.53. The Balaban J connectivity index is 0. The molecule has 0 aromatic carbocycles. The molecule has 0 aromatic heterocycles. The zero-order valence-corrected chi connectivity index (χ0v) is 18.1. The van der Waals surface area contributed by atoms with Crippen LogP contribution in [0.5, 0.6) is 0 Å². The molecule has 0 aliphatic carbocycles. The molecule has 0 saturated heterocycles. The Labute approximate surface area is 158 Å². The predicted octanol–water partition coefficient (Wildman–Crippen LogP) is 3.22. The molecule has 7 heteroatoms. The minimum absolute atomic E-state index is 0. The predicted molar refractivity (Wildman–Crippen MR) is 108 cm³/mol. The first-order valence-electron chi connectivity index (χ1n) is 8.22. The third kappa shape index (κ3) is 13.4. The monoisotopic (exact) mass is 442 g/mol. The summed E-state index contributed by atoms with van der Waals surface area (Å²) >= 11 is 0. The van der Waals surface area contributed by atoms with E-state index in [4.69, 9.17) is 4.74 Å². The number of aliphatic imine (C=N–C) groups is 1. The minimum Gasteiger partial charge on any atom is -0.444 e. The number of ether oxygens (including phenoxy) is 1. The summed E-state index contributed by atoms with van der Waals surface area (Å²) in [6.07, 6.45) is 0.624. The van der Waals surface area contributed by atoms with Gasteiger partial charge in [0, 0.05) is 25.7 Å². The number of rotatable bonds is 7. The van der Waals surface area contributed by atoms with Crippen LogP contribution in [0.3, 0.4) is 0 Å². The molecule has 0 unspecified atom stereocenters. The van der Waals surface area contributed by atoms with E-state index in [1.54, 1.807) is 4.90 Å². The molecule has 0 aliphatic heterocycles. The Hall–Kier alpha value is -0.730. The Morgan fingerprint density at radius 2 is 1.83 bits per heavy atom. The van der Waals surface area contributed by atoms with Crippen LogP contribution in [0.2, 0.25) is 0 Å². The fourth-order valence-electron chi connectivity index (χ4n) is 1.77. The summed E-state index contributed by atoms with van der Waals surface area (Å²) in [5.41, 5.74) is -0.472. The topological polar surface area (TPSA) is 66.0 Å². The molecule has 138 valence electrons. The van der Waals surface area contributed by atoms with Crippen LogP contribution in [0.25, 0.3) is 0 Å². The van der Waals surface area contributed by atoms with Crippen molar-refractivity contribution in [3.05, 3.63) is 0 Å². The smallest absolute Gasteiger partial charge is 0.410 e. The van der Waals surface area contributed by atoms with Gasteiger partial charge in [-0.1, -0.05) is 6.92 Å². The van der Waals surface area contributed by atoms with Crippen molar-refractivity contribution in [2.75, 3.05) is 26.2 Å². The molecule has 23 heavy (non-hydrogen) atoms. The molecule has 0 radical (unpaired) electrons. The second kappa shape index (κ2) is 12.7. The number of guanidine groups is 1. The lowest BCUT2D eigenvalue weighted by Gasteiger charge is -2.27. The third-order valence-electron chi connectivity index (χ3n) is 2.55. The average molecular weight is 442 g/mol. The van der Waals surface area contributed by atoms with Crippen LogP contribution in [0.15, 0.2) is 4.99 Å². The molecule has 1 amide bonds. The van der Waals surface area contributed by atoms with Gasteiger partial charge in [0.25, 0.3) is 0 Å². The maximum absolute atomic E-state index is 12.2. The van der Waals surface area contributed by atoms with E-state index >= 15 is 0 Å². The van der Waals surface area contributed by atoms with Gasteiger partial charge in [0.15, 0.2) is 5.96 Å². The molecule has 0 spiro atoms. The molecule has 0 rings (SSSR count). The van der Waals surface area contributed by atoms with Gasteiger partial charge in [0.05, 0.1) is 6.54 Å². The summed E-state index contributed by atoms with van der Waals surface area (Å²) in [7, 11) is 0. The van der Waals surface area contributed by atoms with Gasteiger partial charge >= 0.3 is 6.09 Å². The molecule has 0 atom stereocenters. The summed E-state index contributed by atoms with van der Waals surface area (Å²) in [6, 6.07) is 0.315. The first kappa shape index (κ1) is 24.5. The van der Waals surface area contributed by atoms with Gasteiger partial charge in [-0.2, -0.15) is 0 Å². The highest BCUT2D eigenvalue weighted by Crippen LogP contribution is 2.10. The highest BCUT2D eigenvalue weighted by Gasteiger charge is 2.21. The maximum atomic E-state index is 12.2. The summed E-state index contributed by atoms with van der Waals surface area (Å²) in [6.45, 7) is 16.4. The van der Waals surface area contributed by atoms with Crippen LogP contribution < -0.4 is 10.6 Å². The first-order chi connectivity index (χ1) is 10.2. The van der Waals surface area contributed by atoms with Gasteiger partial charge in [-0.15, -0.1) is 24.0 Å². The Bertz CT molecular complexity index is 354. The molecule has 0 aliphatic rings. The van der Waals surface area contributed by atoms with Crippen LogP contribution in [0.4, 0.5) is 4.79 Å². The van der Waals surface area contributed by atoms with Gasteiger partial charge in [0.1, 0.15) is 5.60 Å². The third-order valence-corrected chi connectivity index (χ3v) is 2.55. The lowest BCUT2D eigenvalue weighted by atomic mass is 10.2. The van der Waals surface area contributed by atoms with Gasteiger partial charge < -0.3 is 20.3 Å². The number of nitrogens with zero attached hydrogens (tertiary/aromatic N) is 2. The first-order valence-corrected chi connectivity index (χ1v) is 8.22. The van der Waals surface area contributed by atoms with Gasteiger partial charge in [-0.05, 0) is 48.0 Å². The number of carbonyl (C=O) groups is 1. The summed E-state index contributed by atoms with van der Waals surface area (Å²) < 4.78 is 5.43. The van der Waals surface area contributed by atoms with Crippen molar-refractivity contribution in [3.8, 4) is 0 Å². The molecule has 0 saturated carbocycles. The number of hydrogen-bond acceptors (Lipinski definition) is 3. The molecule has 0 heterocycles. The van der Waals surface area contributed by atoms with E-state index in [0.717, 1.165) is 18.9 Å². The minimum atomic E-state index is -0.472. The Morgan fingerprint density at radius 1 is 1.22 bits per heavy atom. The van der Waals surface area contributed by atoms with E-state index in [1.807, 2.05) is 34.6 Å². The van der Waals surface area contributed by atoms with E-state index in [9.17, 15) is 4.79 Å². The Kier molecular flexibility index (Phi) is 13.5. The number of amides is 1. The van der Waals surface area contributed by atoms with E-state index in [-0.39, 0.29) is 30.1 Å². The van der Waals surface area contributed by atoms with E-state index in [0.29, 0.717) is 25.7 Å². The summed E-state index contributed by atoms with van der Waals surface area (Å²) in [5, 5.41) is 6.45. The standard InChI is InChI=1S/C16H34N4O2.HI/c1-8-11-20(15(21)22-16(5,6)7)12-10-18-14(17-9-2)19-13(3)4;/h13H,8-12H2,1-7H3,(H2,17,18,19);1H. The van der Waals surface area contributed by atoms with Crippen molar-refractivity contribution >= 4 is 36.0 Å². The largest absolute Gasteiger partial charge is 0.444 e. The highest BCUT2D eigenvalue weighted by atomic mass is 127. The van der Waals surface area contributed by atoms with E-state index < -0.39 is 5.60 Å². The fourth-order valence-corrected chi connectivity index (χ4v) is 1.77. The average Bonchev–Trinajstić information content (AvgIpc) is 2.35.